The van der Waals surface area contributed by atoms with Gasteiger partial charge in [-0.1, -0.05) is 23.8 Å². The van der Waals surface area contributed by atoms with Crippen LogP contribution in [0.15, 0.2) is 70.1 Å². The average Bonchev–Trinajstić information content (AvgIpc) is 3.13. The summed E-state index contributed by atoms with van der Waals surface area (Å²) in [7, 11) is 0. The highest BCUT2D eigenvalue weighted by molar-refractivity contribution is 5.99. The van der Waals surface area contributed by atoms with Gasteiger partial charge in [0.05, 0.1) is 30.2 Å². The van der Waals surface area contributed by atoms with Gasteiger partial charge in [-0.05, 0) is 62.2 Å². The predicted molar refractivity (Wildman–Crippen MR) is 132 cm³/mol. The van der Waals surface area contributed by atoms with Gasteiger partial charge in [0.2, 0.25) is 5.76 Å². The van der Waals surface area contributed by atoms with Crippen LogP contribution in [0.5, 0.6) is 11.5 Å². The van der Waals surface area contributed by atoms with Crippen molar-refractivity contribution in [3.05, 3.63) is 99.2 Å². The van der Waals surface area contributed by atoms with Crippen LogP contribution >= 0.6 is 0 Å². The Morgan fingerprint density at radius 1 is 1.00 bits per heavy atom. The Hall–Kier alpha value is -4.13. The lowest BCUT2D eigenvalue weighted by Gasteiger charge is -2.26. The molecule has 5 rings (SSSR count). The number of benzene rings is 2. The fourth-order valence-electron chi connectivity index (χ4n) is 4.57. The molecule has 3 heterocycles. The third kappa shape index (κ3) is 4.03. The summed E-state index contributed by atoms with van der Waals surface area (Å²) >= 11 is 0. The molecule has 0 spiro atoms. The van der Waals surface area contributed by atoms with Crippen LogP contribution in [0.3, 0.4) is 0 Å². The van der Waals surface area contributed by atoms with Crippen molar-refractivity contribution in [3.63, 3.8) is 0 Å². The fourth-order valence-corrected chi connectivity index (χ4v) is 4.57. The van der Waals surface area contributed by atoms with E-state index in [1.54, 1.807) is 29.4 Å². The highest BCUT2D eigenvalue weighted by atomic mass is 16.5. The highest BCUT2D eigenvalue weighted by Crippen LogP contribution is 2.41. The standard InChI is InChI=1S/C28H26N2O5/c1-4-33-22-11-9-19(14-23(22)34-5-2)25-24-26(31)20-13-17(3)8-10-21(20)35-27(24)28(32)30(25)16-18-7-6-12-29-15-18/h6-15,25H,4-5,16H2,1-3H3. The Bertz CT molecular complexity index is 1460. The van der Waals surface area contributed by atoms with Crippen molar-refractivity contribution in [3.8, 4) is 11.5 Å². The zero-order valence-electron chi connectivity index (χ0n) is 19.9. The van der Waals surface area contributed by atoms with E-state index in [0.717, 1.165) is 16.7 Å². The van der Waals surface area contributed by atoms with Gasteiger partial charge < -0.3 is 18.8 Å². The highest BCUT2D eigenvalue weighted by Gasteiger charge is 2.43. The summed E-state index contributed by atoms with van der Waals surface area (Å²) in [6, 6.07) is 14.0. The molecule has 1 atom stereocenters. The van der Waals surface area contributed by atoms with E-state index in [1.165, 1.54) is 0 Å². The number of aryl methyl sites for hydroxylation is 1. The lowest BCUT2D eigenvalue weighted by Crippen LogP contribution is -2.29. The van der Waals surface area contributed by atoms with Gasteiger partial charge in [0, 0.05) is 18.9 Å². The summed E-state index contributed by atoms with van der Waals surface area (Å²) in [4.78, 5) is 33.3. The SMILES string of the molecule is CCOc1ccc(C2c3c(oc4ccc(C)cc4c3=O)C(=O)N2Cc2cccnc2)cc1OCC. The Morgan fingerprint density at radius 3 is 2.54 bits per heavy atom. The largest absolute Gasteiger partial charge is 0.490 e. The molecule has 0 N–H and O–H groups in total. The van der Waals surface area contributed by atoms with Gasteiger partial charge >= 0.3 is 0 Å². The van der Waals surface area contributed by atoms with Crippen LogP contribution in [-0.2, 0) is 6.54 Å². The molecule has 35 heavy (non-hydrogen) atoms. The van der Waals surface area contributed by atoms with Gasteiger partial charge in [-0.3, -0.25) is 14.6 Å². The molecule has 0 bridgehead atoms. The summed E-state index contributed by atoms with van der Waals surface area (Å²) in [5, 5.41) is 0.459. The molecular weight excluding hydrogens is 444 g/mol. The molecule has 0 saturated carbocycles. The number of fused-ring (bicyclic) bond motifs is 2. The van der Waals surface area contributed by atoms with Gasteiger partial charge in [0.1, 0.15) is 5.58 Å². The molecule has 1 amide bonds. The van der Waals surface area contributed by atoms with Crippen LogP contribution < -0.4 is 14.9 Å². The van der Waals surface area contributed by atoms with E-state index in [1.807, 2.05) is 57.2 Å². The summed E-state index contributed by atoms with van der Waals surface area (Å²) in [6.07, 6.45) is 3.40. The van der Waals surface area contributed by atoms with Gasteiger partial charge in [0.15, 0.2) is 16.9 Å². The van der Waals surface area contributed by atoms with Crippen LogP contribution in [0.1, 0.15) is 52.7 Å². The number of hydrogen-bond donors (Lipinski definition) is 0. The molecule has 1 aliphatic heterocycles. The van der Waals surface area contributed by atoms with E-state index in [2.05, 4.69) is 4.98 Å². The average molecular weight is 471 g/mol. The van der Waals surface area contributed by atoms with Gasteiger partial charge in [-0.2, -0.15) is 0 Å². The minimum atomic E-state index is -0.645. The van der Waals surface area contributed by atoms with Crippen molar-refractivity contribution in [2.45, 2.75) is 33.4 Å². The van der Waals surface area contributed by atoms with Crippen molar-refractivity contribution in [1.29, 1.82) is 0 Å². The number of hydrogen-bond acceptors (Lipinski definition) is 6. The second-order valence-corrected chi connectivity index (χ2v) is 8.44. The van der Waals surface area contributed by atoms with Gasteiger partial charge in [-0.25, -0.2) is 0 Å². The minimum Gasteiger partial charge on any atom is -0.490 e. The van der Waals surface area contributed by atoms with Gasteiger partial charge in [0.25, 0.3) is 5.91 Å². The van der Waals surface area contributed by atoms with Gasteiger partial charge in [-0.15, -0.1) is 0 Å². The van der Waals surface area contributed by atoms with Crippen molar-refractivity contribution in [2.24, 2.45) is 0 Å². The third-order valence-corrected chi connectivity index (χ3v) is 6.08. The summed E-state index contributed by atoms with van der Waals surface area (Å²) in [5.41, 5.74) is 3.07. The van der Waals surface area contributed by atoms with E-state index in [-0.39, 0.29) is 23.6 Å². The molecule has 2 aromatic carbocycles. The predicted octanol–water partition coefficient (Wildman–Crippen LogP) is 5.04. The zero-order valence-corrected chi connectivity index (χ0v) is 19.9. The van der Waals surface area contributed by atoms with Crippen LogP contribution in [0, 0.1) is 6.92 Å². The molecule has 0 fully saturated rings. The van der Waals surface area contributed by atoms with E-state index in [0.29, 0.717) is 41.2 Å². The first-order chi connectivity index (χ1) is 17.0. The Morgan fingerprint density at radius 2 is 1.80 bits per heavy atom. The second kappa shape index (κ2) is 9.25. The topological polar surface area (TPSA) is 81.9 Å². The molecule has 0 radical (unpaired) electrons. The molecule has 1 unspecified atom stereocenters. The van der Waals surface area contributed by atoms with Crippen LogP contribution in [0.2, 0.25) is 0 Å². The number of amides is 1. The maximum absolute atomic E-state index is 13.8. The van der Waals surface area contributed by atoms with Crippen molar-refractivity contribution in [1.82, 2.24) is 9.88 Å². The molecule has 178 valence electrons. The number of rotatable bonds is 7. The van der Waals surface area contributed by atoms with Crippen molar-refractivity contribution >= 4 is 16.9 Å². The monoisotopic (exact) mass is 470 g/mol. The fraction of sp³-hybridized carbons (Fsp3) is 0.250. The molecule has 7 heteroatoms. The maximum atomic E-state index is 13.8. The number of ether oxygens (including phenoxy) is 2. The first-order valence-electron chi connectivity index (χ1n) is 11.7. The molecule has 4 aromatic rings. The molecule has 1 aliphatic rings. The van der Waals surface area contributed by atoms with E-state index in [9.17, 15) is 9.59 Å². The number of pyridine rings is 1. The maximum Gasteiger partial charge on any atom is 0.291 e. The Labute approximate surface area is 202 Å². The van der Waals surface area contributed by atoms with Crippen LogP contribution in [0.25, 0.3) is 11.0 Å². The van der Waals surface area contributed by atoms with Crippen molar-refractivity contribution in [2.75, 3.05) is 13.2 Å². The molecule has 7 nitrogen and oxygen atoms in total. The normalized spacial score (nSPS) is 14.9. The molecule has 2 aromatic heterocycles. The molecule has 0 aliphatic carbocycles. The summed E-state index contributed by atoms with van der Waals surface area (Å²) in [6.45, 7) is 6.94. The lowest BCUT2D eigenvalue weighted by atomic mass is 9.97. The first-order valence-corrected chi connectivity index (χ1v) is 11.7. The lowest BCUT2D eigenvalue weighted by molar-refractivity contribution is 0.0714. The number of aromatic nitrogens is 1. The number of carbonyl (C=O) groups excluding carboxylic acids is 1. The quantitative estimate of drug-likeness (QED) is 0.376. The third-order valence-electron chi connectivity index (χ3n) is 6.08. The smallest absolute Gasteiger partial charge is 0.291 e. The Balaban J connectivity index is 1.72. The number of nitrogens with zero attached hydrogens (tertiary/aromatic N) is 2. The molecule has 0 saturated heterocycles. The zero-order chi connectivity index (χ0) is 24.5. The van der Waals surface area contributed by atoms with E-state index < -0.39 is 6.04 Å². The summed E-state index contributed by atoms with van der Waals surface area (Å²) < 4.78 is 17.6. The van der Waals surface area contributed by atoms with E-state index >= 15 is 0 Å². The minimum absolute atomic E-state index is 0.0760. The summed E-state index contributed by atoms with van der Waals surface area (Å²) in [5.74, 6) is 0.921. The van der Waals surface area contributed by atoms with E-state index in [4.69, 9.17) is 13.9 Å². The molecular formula is C28H26N2O5. The van der Waals surface area contributed by atoms with Crippen molar-refractivity contribution < 1.29 is 18.7 Å². The van der Waals surface area contributed by atoms with Crippen LogP contribution in [0.4, 0.5) is 0 Å². The Kier molecular flexibility index (Phi) is 5.99. The van der Waals surface area contributed by atoms with Crippen LogP contribution in [-0.4, -0.2) is 29.0 Å². The first kappa shape index (κ1) is 22.7. The second-order valence-electron chi connectivity index (χ2n) is 8.44. The number of carbonyl (C=O) groups is 1.